The van der Waals surface area contributed by atoms with Crippen LogP contribution < -0.4 is 4.74 Å². The molecule has 6 nitrogen and oxygen atoms in total. The number of halogens is 9. The maximum Gasteiger partial charge on any atom is 0.460 e. The molecular formula is C47H59F9N2O4. The molecule has 3 fully saturated rings. The molecule has 1 heterocycles. The number of aliphatic hydroxyl groups excluding tert-OH is 1. The zero-order valence-electron chi connectivity index (χ0n) is 35.8. The van der Waals surface area contributed by atoms with Crippen LogP contribution in [0.25, 0.3) is 0 Å². The molecule has 0 unspecified atom stereocenters. The minimum atomic E-state index is -7.03. The highest BCUT2D eigenvalue weighted by Crippen LogP contribution is 2.63. The van der Waals surface area contributed by atoms with E-state index in [0.717, 1.165) is 62.0 Å². The summed E-state index contributed by atoms with van der Waals surface area (Å²) in [5.74, 6) is -19.7. The molecule has 9 atom stereocenters. The molecule has 0 bridgehead atoms. The summed E-state index contributed by atoms with van der Waals surface area (Å²) in [6, 6.07) is 12.5. The van der Waals surface area contributed by atoms with Gasteiger partial charge in [-0.1, -0.05) is 74.7 Å². The lowest BCUT2D eigenvalue weighted by molar-refractivity contribution is -0.396. The average molecular weight is 887 g/mol. The smallest absolute Gasteiger partial charge is 0.460 e. The van der Waals surface area contributed by atoms with Gasteiger partial charge in [0.1, 0.15) is 5.75 Å². The summed E-state index contributed by atoms with van der Waals surface area (Å²) in [5, 5.41) is 11.0. The lowest BCUT2D eigenvalue weighted by Crippen LogP contribution is -2.60. The number of rotatable bonds is 17. The number of likely N-dealkylation sites (N-methyl/N-ethyl adjacent to an activating group) is 1. The minimum absolute atomic E-state index is 0.0904. The lowest BCUT2D eigenvalue weighted by atomic mass is 9.52. The third kappa shape index (κ3) is 8.86. The van der Waals surface area contributed by atoms with Crippen LogP contribution in [0.2, 0.25) is 0 Å². The molecular weight excluding hydrogens is 828 g/mol. The largest absolute Gasteiger partial charge is 0.497 e. The molecule has 1 N–H and O–H groups in total. The Balaban J connectivity index is 1.09. The van der Waals surface area contributed by atoms with Crippen LogP contribution in [0.5, 0.6) is 5.75 Å². The molecule has 1 aliphatic heterocycles. The maximum atomic E-state index is 14.8. The van der Waals surface area contributed by atoms with Gasteiger partial charge in [-0.2, -0.15) is 39.5 Å². The Morgan fingerprint density at radius 1 is 0.919 bits per heavy atom. The summed E-state index contributed by atoms with van der Waals surface area (Å²) in [6.07, 6.45) is 2.09. The molecule has 6 rings (SSSR count). The van der Waals surface area contributed by atoms with Gasteiger partial charge in [-0.3, -0.25) is 9.69 Å². The number of fused-ring (bicyclic) bond motifs is 5. The molecule has 3 amide bonds. The highest BCUT2D eigenvalue weighted by Gasteiger charge is 2.81. The molecule has 344 valence electrons. The fraction of sp³-hybridized carbons (Fsp3) is 0.660. The van der Waals surface area contributed by atoms with Gasteiger partial charge in [-0.05, 0) is 129 Å². The normalized spacial score (nSPS) is 28.5. The zero-order chi connectivity index (χ0) is 45.4. The van der Waals surface area contributed by atoms with Crippen molar-refractivity contribution in [2.75, 3.05) is 14.2 Å². The van der Waals surface area contributed by atoms with Crippen molar-refractivity contribution in [3.8, 4) is 5.75 Å². The number of methoxy groups -OCH3 is 1. The summed E-state index contributed by atoms with van der Waals surface area (Å²) in [5.41, 5.74) is 3.14. The monoisotopic (exact) mass is 886 g/mol. The number of amides is 3. The van der Waals surface area contributed by atoms with Crippen molar-refractivity contribution in [3.63, 3.8) is 0 Å². The highest BCUT2D eigenvalue weighted by molar-refractivity contribution is 5.98. The molecule has 0 aromatic heterocycles. The van der Waals surface area contributed by atoms with E-state index in [1.165, 1.54) is 23.1 Å². The fourth-order valence-electron chi connectivity index (χ4n) is 11.2. The Morgan fingerprint density at radius 2 is 1.61 bits per heavy atom. The third-order valence-corrected chi connectivity index (χ3v) is 14.9. The predicted octanol–water partition coefficient (Wildman–Crippen LogP) is 12.3. The SMILES string of the molecule is COc1ccc2c(c1)C[C@@H](C/C=C\CCCCCC[C@H](CCC(F)(F)C(F)(F)C(F)(F)C(F)(F)F)C(=O)N1C(=O)N(C)[C@@H](C)[C@H]1c1ccccc1)[C@@H]1[C@@H]2CC[C@]2(C)[C@@H](O)CC[C@@H]12. The Bertz CT molecular complexity index is 1910. The molecule has 3 aliphatic carbocycles. The summed E-state index contributed by atoms with van der Waals surface area (Å²) < 4.78 is 130. The molecule has 0 spiro atoms. The van der Waals surface area contributed by atoms with Crippen LogP contribution in [0.4, 0.5) is 44.3 Å². The number of ether oxygens (including phenoxy) is 1. The summed E-state index contributed by atoms with van der Waals surface area (Å²) in [4.78, 5) is 29.6. The van der Waals surface area contributed by atoms with Gasteiger partial charge in [-0.25, -0.2) is 4.79 Å². The quantitative estimate of drug-likeness (QED) is 0.0976. The van der Waals surface area contributed by atoms with Gasteiger partial charge >= 0.3 is 30.0 Å². The standard InChI is InChI=1S/C47H59F9N2O4/c1-29-40(30-15-13-10-14-16-30)58(42(61)57(29)3)41(60)31(23-26-44(48,49)45(50,51)46(52,53)47(54,55)56)17-11-8-6-5-7-9-12-18-32-27-33-28-34(62-4)19-20-35(33)36-24-25-43(2)37(39(32)36)21-22-38(43)59/h9-10,12-16,19-20,28-29,31-32,36-40,59H,5-8,11,17-18,21-27H2,1-4H3/b12-9-/t29-,31+,32+,36+,37-,38-,39+,40-,43-/m0/s1. The van der Waals surface area contributed by atoms with Crippen molar-refractivity contribution < 1.29 is 58.9 Å². The molecule has 4 aliphatic rings. The molecule has 15 heteroatoms. The van der Waals surface area contributed by atoms with E-state index >= 15 is 0 Å². The number of urea groups is 1. The number of hydrogen-bond acceptors (Lipinski definition) is 4. The van der Waals surface area contributed by atoms with Gasteiger partial charge in [0.25, 0.3) is 0 Å². The van der Waals surface area contributed by atoms with Crippen LogP contribution in [-0.2, 0) is 11.2 Å². The number of hydrogen-bond donors (Lipinski definition) is 1. The first-order valence-electron chi connectivity index (χ1n) is 21.9. The van der Waals surface area contributed by atoms with Crippen LogP contribution in [0.3, 0.4) is 0 Å². The van der Waals surface area contributed by atoms with Crippen LogP contribution in [0, 0.1) is 29.1 Å². The van der Waals surface area contributed by atoms with Crippen molar-refractivity contribution in [1.29, 1.82) is 0 Å². The number of imide groups is 1. The zero-order valence-corrected chi connectivity index (χ0v) is 35.8. The summed E-state index contributed by atoms with van der Waals surface area (Å²) in [7, 11) is 3.10. The van der Waals surface area contributed by atoms with E-state index in [4.69, 9.17) is 4.74 Å². The molecule has 1 saturated heterocycles. The third-order valence-electron chi connectivity index (χ3n) is 14.9. The van der Waals surface area contributed by atoms with Crippen LogP contribution >= 0.6 is 0 Å². The number of nitrogens with zero attached hydrogens (tertiary/aromatic N) is 2. The van der Waals surface area contributed by atoms with Gasteiger partial charge in [0.2, 0.25) is 5.91 Å². The molecule has 62 heavy (non-hydrogen) atoms. The van der Waals surface area contributed by atoms with Crippen molar-refractivity contribution in [3.05, 3.63) is 77.4 Å². The highest BCUT2D eigenvalue weighted by atomic mass is 19.4. The fourth-order valence-corrected chi connectivity index (χ4v) is 11.2. The van der Waals surface area contributed by atoms with Crippen molar-refractivity contribution in [2.45, 2.75) is 152 Å². The first-order valence-corrected chi connectivity index (χ1v) is 21.9. The number of unbranched alkanes of at least 4 members (excludes halogenated alkanes) is 4. The van der Waals surface area contributed by atoms with Gasteiger partial charge < -0.3 is 14.7 Å². The first-order chi connectivity index (χ1) is 29.1. The molecule has 2 saturated carbocycles. The van der Waals surface area contributed by atoms with Crippen molar-refractivity contribution in [1.82, 2.24) is 9.80 Å². The van der Waals surface area contributed by atoms with Gasteiger partial charge in [0.15, 0.2) is 0 Å². The minimum Gasteiger partial charge on any atom is -0.497 e. The number of alkyl halides is 9. The summed E-state index contributed by atoms with van der Waals surface area (Å²) >= 11 is 0. The van der Waals surface area contributed by atoms with E-state index in [1.54, 1.807) is 44.4 Å². The van der Waals surface area contributed by atoms with Gasteiger partial charge in [-0.15, -0.1) is 0 Å². The maximum absolute atomic E-state index is 14.8. The number of allylic oxidation sites excluding steroid dienone is 2. The van der Waals surface area contributed by atoms with E-state index in [1.807, 2.05) is 6.07 Å². The van der Waals surface area contributed by atoms with E-state index in [9.17, 15) is 54.2 Å². The molecule has 2 aromatic rings. The van der Waals surface area contributed by atoms with Crippen LogP contribution in [0.1, 0.15) is 126 Å². The van der Waals surface area contributed by atoms with Crippen LogP contribution in [0.15, 0.2) is 60.7 Å². The number of carbonyl (C=O) groups is 2. The second kappa shape index (κ2) is 18.4. The van der Waals surface area contributed by atoms with E-state index in [2.05, 4.69) is 31.2 Å². The second-order valence-corrected chi connectivity index (χ2v) is 18.4. The van der Waals surface area contributed by atoms with Gasteiger partial charge in [0, 0.05) is 19.4 Å². The Labute approximate surface area is 358 Å². The van der Waals surface area contributed by atoms with Gasteiger partial charge in [0.05, 0.1) is 25.3 Å². The van der Waals surface area contributed by atoms with E-state index < -0.39 is 66.7 Å². The Hall–Kier alpha value is -3.75. The number of benzene rings is 2. The average Bonchev–Trinajstić information content (AvgIpc) is 3.66. The van der Waals surface area contributed by atoms with E-state index in [0.29, 0.717) is 42.1 Å². The Morgan fingerprint density at radius 3 is 2.29 bits per heavy atom. The molecule has 0 radical (unpaired) electrons. The van der Waals surface area contributed by atoms with Crippen LogP contribution in [-0.4, -0.2) is 77.1 Å². The summed E-state index contributed by atoms with van der Waals surface area (Å²) in [6.45, 7) is 3.91. The van der Waals surface area contributed by atoms with Crippen molar-refractivity contribution in [2.24, 2.45) is 29.1 Å². The van der Waals surface area contributed by atoms with E-state index in [-0.39, 0.29) is 24.4 Å². The second-order valence-electron chi connectivity index (χ2n) is 18.4. The first kappa shape index (κ1) is 47.7. The lowest BCUT2D eigenvalue weighted by Gasteiger charge is -2.53. The number of carbonyl (C=O) groups excluding carboxylic acids is 2. The molecule has 2 aromatic carbocycles. The number of aliphatic hydroxyl groups is 1. The Kier molecular flexibility index (Phi) is 14.2. The van der Waals surface area contributed by atoms with Crippen molar-refractivity contribution >= 4 is 11.9 Å². The topological polar surface area (TPSA) is 70.1 Å². The predicted molar refractivity (Wildman–Crippen MR) is 216 cm³/mol.